The van der Waals surface area contributed by atoms with Crippen molar-refractivity contribution in [3.8, 4) is 0 Å². The third-order valence-corrected chi connectivity index (χ3v) is 4.66. The smallest absolute Gasteiger partial charge is 0.226 e. The van der Waals surface area contributed by atoms with Gasteiger partial charge in [0.05, 0.1) is 0 Å². The monoisotopic (exact) mass is 291 g/mol. The van der Waals surface area contributed by atoms with Crippen molar-refractivity contribution in [2.24, 2.45) is 5.92 Å². The fourth-order valence-corrected chi connectivity index (χ4v) is 3.27. The predicted molar refractivity (Wildman–Crippen MR) is 88.9 cm³/mol. The van der Waals surface area contributed by atoms with Gasteiger partial charge in [-0.15, -0.1) is 0 Å². The molecule has 0 aromatic carbocycles. The van der Waals surface area contributed by atoms with E-state index in [0.29, 0.717) is 0 Å². The minimum absolute atomic E-state index is 0.237. The molecular formula is C16H29N5. The molecule has 0 saturated heterocycles. The third kappa shape index (κ3) is 3.84. The van der Waals surface area contributed by atoms with Crippen LogP contribution in [0.4, 0.5) is 11.8 Å². The van der Waals surface area contributed by atoms with Crippen LogP contribution in [0.3, 0.4) is 0 Å². The second-order valence-corrected chi connectivity index (χ2v) is 6.81. The van der Waals surface area contributed by atoms with Crippen LogP contribution in [0.5, 0.6) is 0 Å². The SMILES string of the molecule is CC1CCCC(CNc2ccnc(N(C)C)n2)(N(C)C)C1. The van der Waals surface area contributed by atoms with Crippen LogP contribution in [0, 0.1) is 5.92 Å². The summed E-state index contributed by atoms with van der Waals surface area (Å²) in [7, 11) is 8.32. The topological polar surface area (TPSA) is 44.3 Å². The van der Waals surface area contributed by atoms with Gasteiger partial charge in [-0.25, -0.2) is 4.98 Å². The summed E-state index contributed by atoms with van der Waals surface area (Å²) in [6, 6.07) is 1.95. The van der Waals surface area contributed by atoms with E-state index in [0.717, 1.165) is 24.2 Å². The van der Waals surface area contributed by atoms with Crippen molar-refractivity contribution in [3.05, 3.63) is 12.3 Å². The van der Waals surface area contributed by atoms with Crippen LogP contribution in [0.2, 0.25) is 0 Å². The fourth-order valence-electron chi connectivity index (χ4n) is 3.27. The van der Waals surface area contributed by atoms with Crippen LogP contribution in [-0.2, 0) is 0 Å². The Kier molecular flexibility index (Phi) is 5.04. The summed E-state index contributed by atoms with van der Waals surface area (Å²) in [6.45, 7) is 3.31. The highest BCUT2D eigenvalue weighted by molar-refractivity contribution is 5.40. The Hall–Kier alpha value is -1.36. The largest absolute Gasteiger partial charge is 0.368 e. The molecule has 1 aliphatic carbocycles. The highest BCUT2D eigenvalue weighted by Crippen LogP contribution is 2.35. The molecule has 1 saturated carbocycles. The zero-order chi connectivity index (χ0) is 15.5. The van der Waals surface area contributed by atoms with Gasteiger partial charge >= 0.3 is 0 Å². The first kappa shape index (κ1) is 16.0. The maximum absolute atomic E-state index is 4.55. The normalized spacial score (nSPS) is 25.9. The van der Waals surface area contributed by atoms with Gasteiger partial charge in [-0.3, -0.25) is 0 Å². The second kappa shape index (κ2) is 6.60. The third-order valence-electron chi connectivity index (χ3n) is 4.66. The van der Waals surface area contributed by atoms with E-state index in [2.05, 4.69) is 41.2 Å². The summed E-state index contributed by atoms with van der Waals surface area (Å²) in [5.74, 6) is 2.45. The minimum Gasteiger partial charge on any atom is -0.368 e. The molecule has 0 spiro atoms. The first-order chi connectivity index (χ1) is 9.93. The van der Waals surface area contributed by atoms with E-state index < -0.39 is 0 Å². The summed E-state index contributed by atoms with van der Waals surface area (Å²) in [6.07, 6.45) is 6.99. The Morgan fingerprint density at radius 1 is 1.33 bits per heavy atom. The van der Waals surface area contributed by atoms with E-state index in [1.54, 1.807) is 0 Å². The molecule has 5 nitrogen and oxygen atoms in total. The van der Waals surface area contributed by atoms with Crippen LogP contribution in [0.15, 0.2) is 12.3 Å². The Bertz CT molecular complexity index is 460. The molecule has 5 heteroatoms. The van der Waals surface area contributed by atoms with Gasteiger partial charge in [-0.05, 0) is 38.9 Å². The average Bonchev–Trinajstić information content (AvgIpc) is 2.45. The molecule has 1 N–H and O–H groups in total. The molecule has 2 rings (SSSR count). The lowest BCUT2D eigenvalue weighted by Crippen LogP contribution is -2.52. The summed E-state index contributed by atoms with van der Waals surface area (Å²) >= 11 is 0. The molecule has 1 fully saturated rings. The van der Waals surface area contributed by atoms with Gasteiger partial charge < -0.3 is 15.1 Å². The number of hydrogen-bond donors (Lipinski definition) is 1. The van der Waals surface area contributed by atoms with Crippen LogP contribution in [0.1, 0.15) is 32.6 Å². The minimum atomic E-state index is 0.237. The lowest BCUT2D eigenvalue weighted by atomic mass is 9.75. The fraction of sp³-hybridized carbons (Fsp3) is 0.750. The van der Waals surface area contributed by atoms with Crippen molar-refractivity contribution in [1.82, 2.24) is 14.9 Å². The summed E-state index contributed by atoms with van der Waals surface area (Å²) in [4.78, 5) is 13.1. The van der Waals surface area contributed by atoms with Crippen molar-refractivity contribution >= 4 is 11.8 Å². The van der Waals surface area contributed by atoms with Crippen molar-refractivity contribution in [2.75, 3.05) is 45.0 Å². The van der Waals surface area contributed by atoms with Crippen molar-refractivity contribution in [1.29, 1.82) is 0 Å². The number of likely N-dealkylation sites (N-methyl/N-ethyl adjacent to an activating group) is 1. The molecule has 2 unspecified atom stereocenters. The molecule has 0 aliphatic heterocycles. The van der Waals surface area contributed by atoms with Gasteiger partial charge in [0.2, 0.25) is 5.95 Å². The lowest BCUT2D eigenvalue weighted by molar-refractivity contribution is 0.0881. The second-order valence-electron chi connectivity index (χ2n) is 6.81. The molecule has 1 aromatic heterocycles. The van der Waals surface area contributed by atoms with Crippen molar-refractivity contribution < 1.29 is 0 Å². The number of nitrogens with zero attached hydrogens (tertiary/aromatic N) is 4. The van der Waals surface area contributed by atoms with Crippen molar-refractivity contribution in [2.45, 2.75) is 38.1 Å². The quantitative estimate of drug-likeness (QED) is 0.903. The zero-order valence-corrected chi connectivity index (χ0v) is 14.1. The van der Waals surface area contributed by atoms with Gasteiger partial charge in [0.15, 0.2) is 0 Å². The molecule has 2 atom stereocenters. The van der Waals surface area contributed by atoms with Gasteiger partial charge in [-0.2, -0.15) is 4.98 Å². The van der Waals surface area contributed by atoms with E-state index in [4.69, 9.17) is 0 Å². The maximum atomic E-state index is 4.55. The van der Waals surface area contributed by atoms with E-state index >= 15 is 0 Å². The number of aromatic nitrogens is 2. The molecule has 0 bridgehead atoms. The number of rotatable bonds is 5. The predicted octanol–water partition coefficient (Wildman–Crippen LogP) is 2.47. The highest BCUT2D eigenvalue weighted by atomic mass is 15.2. The molecule has 0 amide bonds. The molecule has 1 aromatic rings. The molecular weight excluding hydrogens is 262 g/mol. The molecule has 0 radical (unpaired) electrons. The van der Waals surface area contributed by atoms with Gasteiger partial charge in [0.25, 0.3) is 0 Å². The molecule has 118 valence electrons. The van der Waals surface area contributed by atoms with E-state index in [1.807, 2.05) is 31.3 Å². The van der Waals surface area contributed by atoms with Gasteiger partial charge in [0, 0.05) is 32.4 Å². The Balaban J connectivity index is 2.07. The zero-order valence-electron chi connectivity index (χ0n) is 14.1. The van der Waals surface area contributed by atoms with Crippen LogP contribution < -0.4 is 10.2 Å². The number of anilines is 2. The van der Waals surface area contributed by atoms with Crippen LogP contribution >= 0.6 is 0 Å². The van der Waals surface area contributed by atoms with Crippen LogP contribution in [0.25, 0.3) is 0 Å². The van der Waals surface area contributed by atoms with Gasteiger partial charge in [-0.1, -0.05) is 19.8 Å². The number of nitrogens with one attached hydrogen (secondary N) is 1. The summed E-state index contributed by atoms with van der Waals surface area (Å²) in [5.41, 5.74) is 0.237. The van der Waals surface area contributed by atoms with E-state index in [-0.39, 0.29) is 5.54 Å². The maximum Gasteiger partial charge on any atom is 0.226 e. The molecule has 1 aliphatic rings. The van der Waals surface area contributed by atoms with E-state index in [1.165, 1.54) is 25.7 Å². The van der Waals surface area contributed by atoms with E-state index in [9.17, 15) is 0 Å². The first-order valence-corrected chi connectivity index (χ1v) is 7.85. The Morgan fingerprint density at radius 2 is 2.10 bits per heavy atom. The average molecular weight is 291 g/mol. The first-order valence-electron chi connectivity index (χ1n) is 7.85. The lowest BCUT2D eigenvalue weighted by Gasteiger charge is -2.45. The molecule has 1 heterocycles. The number of hydrogen-bond acceptors (Lipinski definition) is 5. The standard InChI is InChI=1S/C16H29N5/c1-13-7-6-9-16(11-13,21(4)5)12-18-14-8-10-17-15(19-14)20(2)3/h8,10,13H,6-7,9,11-12H2,1-5H3,(H,17,18,19). The summed E-state index contributed by atoms with van der Waals surface area (Å²) in [5, 5.41) is 3.53. The Labute approximate surface area is 128 Å². The van der Waals surface area contributed by atoms with Crippen LogP contribution in [-0.4, -0.2) is 55.1 Å². The molecule has 21 heavy (non-hydrogen) atoms. The van der Waals surface area contributed by atoms with Gasteiger partial charge in [0.1, 0.15) is 5.82 Å². The highest BCUT2D eigenvalue weighted by Gasteiger charge is 2.36. The van der Waals surface area contributed by atoms with Crippen molar-refractivity contribution in [3.63, 3.8) is 0 Å². The Morgan fingerprint density at radius 3 is 2.71 bits per heavy atom. The summed E-state index contributed by atoms with van der Waals surface area (Å²) < 4.78 is 0.